The lowest BCUT2D eigenvalue weighted by Crippen LogP contribution is -2.76. The lowest BCUT2D eigenvalue weighted by Gasteiger charge is -2.54. The molecule has 0 aliphatic carbocycles. The first-order valence-electron chi connectivity index (χ1n) is 15.6. The molecule has 9 heteroatoms. The third-order valence-corrected chi connectivity index (χ3v) is 8.83. The molecule has 2 heterocycles. The molecule has 2 aliphatic rings. The molecule has 2 aliphatic heterocycles. The van der Waals surface area contributed by atoms with Crippen LogP contribution in [0.3, 0.4) is 0 Å². The van der Waals surface area contributed by atoms with Crippen molar-refractivity contribution in [3.05, 3.63) is 138 Å². The van der Waals surface area contributed by atoms with Crippen molar-refractivity contribution in [1.29, 1.82) is 0 Å². The molecule has 4 aromatic rings. The van der Waals surface area contributed by atoms with Crippen molar-refractivity contribution >= 4 is 17.8 Å². The molecule has 0 radical (unpaired) electrons. The SMILES string of the molecule is COc1ccc(CNC(=O)N2[C@H]3CN(CC(c4ccccc4)c4ccccc4)C(=O)[C@H](Cc4ccccc4)N3C(=O)CN2C)cc1. The number of amides is 4. The smallest absolute Gasteiger partial charge is 0.334 e. The normalized spacial score (nSPS) is 18.5. The Hall–Kier alpha value is -5.15. The summed E-state index contributed by atoms with van der Waals surface area (Å²) in [5, 5.41) is 6.29. The van der Waals surface area contributed by atoms with Crippen LogP contribution in [0.2, 0.25) is 0 Å². The van der Waals surface area contributed by atoms with E-state index < -0.39 is 12.2 Å². The number of rotatable bonds is 9. The molecule has 2 atom stereocenters. The van der Waals surface area contributed by atoms with Gasteiger partial charge in [-0.05, 0) is 34.4 Å². The second-order valence-corrected chi connectivity index (χ2v) is 11.8. The number of likely N-dealkylation sites (N-methyl/N-ethyl adjacent to an activating group) is 1. The molecule has 1 N–H and O–H groups in total. The Morgan fingerprint density at radius 1 is 0.826 bits per heavy atom. The number of piperazine rings is 1. The van der Waals surface area contributed by atoms with Crippen LogP contribution in [0.25, 0.3) is 0 Å². The van der Waals surface area contributed by atoms with Crippen LogP contribution in [-0.4, -0.2) is 83.7 Å². The molecule has 9 nitrogen and oxygen atoms in total. The van der Waals surface area contributed by atoms with Crippen LogP contribution < -0.4 is 10.1 Å². The van der Waals surface area contributed by atoms with Crippen LogP contribution in [0.15, 0.2) is 115 Å². The lowest BCUT2D eigenvalue weighted by molar-refractivity contribution is -0.187. The highest BCUT2D eigenvalue weighted by atomic mass is 16.5. The quantitative estimate of drug-likeness (QED) is 0.299. The molecule has 6 rings (SSSR count). The molecule has 0 bridgehead atoms. The van der Waals surface area contributed by atoms with Crippen molar-refractivity contribution < 1.29 is 19.1 Å². The summed E-state index contributed by atoms with van der Waals surface area (Å²) in [6.07, 6.45) is -0.328. The number of benzene rings is 4. The van der Waals surface area contributed by atoms with Gasteiger partial charge in [-0.2, -0.15) is 0 Å². The maximum atomic E-state index is 14.4. The fraction of sp³-hybridized carbons (Fsp3) is 0.270. The largest absolute Gasteiger partial charge is 0.497 e. The average Bonchev–Trinajstić information content (AvgIpc) is 3.09. The predicted octanol–water partition coefficient (Wildman–Crippen LogP) is 4.51. The van der Waals surface area contributed by atoms with Gasteiger partial charge in [0.25, 0.3) is 0 Å². The van der Waals surface area contributed by atoms with E-state index in [0.29, 0.717) is 19.5 Å². The highest BCUT2D eigenvalue weighted by Gasteiger charge is 2.51. The van der Waals surface area contributed by atoms with E-state index >= 15 is 0 Å². The van der Waals surface area contributed by atoms with Crippen molar-refractivity contribution in [1.82, 2.24) is 25.1 Å². The van der Waals surface area contributed by atoms with Gasteiger partial charge in [-0.15, -0.1) is 0 Å². The fourth-order valence-corrected chi connectivity index (χ4v) is 6.50. The van der Waals surface area contributed by atoms with E-state index in [0.717, 1.165) is 28.0 Å². The zero-order chi connectivity index (χ0) is 32.0. The van der Waals surface area contributed by atoms with E-state index in [2.05, 4.69) is 29.6 Å². The van der Waals surface area contributed by atoms with Crippen molar-refractivity contribution in [2.75, 3.05) is 33.8 Å². The molecule has 0 spiro atoms. The molecule has 4 amide bonds. The summed E-state index contributed by atoms with van der Waals surface area (Å²) in [4.78, 5) is 45.5. The van der Waals surface area contributed by atoms with Gasteiger partial charge in [0.15, 0.2) is 0 Å². The third-order valence-electron chi connectivity index (χ3n) is 8.83. The molecule has 4 aromatic carbocycles. The van der Waals surface area contributed by atoms with E-state index in [9.17, 15) is 14.4 Å². The second-order valence-electron chi connectivity index (χ2n) is 11.8. The Morgan fingerprint density at radius 2 is 1.41 bits per heavy atom. The number of ether oxygens (including phenoxy) is 1. The molecule has 46 heavy (non-hydrogen) atoms. The summed E-state index contributed by atoms with van der Waals surface area (Å²) in [5.74, 6) is 0.349. The Balaban J connectivity index is 1.33. The minimum Gasteiger partial charge on any atom is -0.497 e. The topological polar surface area (TPSA) is 85.4 Å². The minimum absolute atomic E-state index is 0.0122. The Bertz CT molecular complexity index is 1600. The number of nitrogens with one attached hydrogen (secondary N) is 1. The summed E-state index contributed by atoms with van der Waals surface area (Å²) in [6.45, 7) is 0.879. The van der Waals surface area contributed by atoms with Gasteiger partial charge in [0, 0.05) is 32.5 Å². The van der Waals surface area contributed by atoms with Gasteiger partial charge in [-0.3, -0.25) is 9.59 Å². The standard InChI is InChI=1S/C37H39N5O4/c1-39-26-35(43)41-33(22-27-12-6-3-7-13-27)36(44)40(24-32(29-14-8-4-9-15-29)30-16-10-5-11-17-30)25-34(41)42(39)37(45)38-23-28-18-20-31(46-2)21-19-28/h3-21,32-34H,22-26H2,1-2H3,(H,38,45)/t33-,34-/m0/s1. The van der Waals surface area contributed by atoms with Gasteiger partial charge in [0.1, 0.15) is 18.0 Å². The summed E-state index contributed by atoms with van der Waals surface area (Å²) >= 11 is 0. The second kappa shape index (κ2) is 13.9. The number of hydrazine groups is 1. The molecule has 0 saturated carbocycles. The Labute approximate surface area is 269 Å². The first-order valence-corrected chi connectivity index (χ1v) is 15.6. The van der Waals surface area contributed by atoms with Crippen LogP contribution in [0.1, 0.15) is 28.2 Å². The zero-order valence-electron chi connectivity index (χ0n) is 26.2. The van der Waals surface area contributed by atoms with E-state index in [4.69, 9.17) is 4.74 Å². The van der Waals surface area contributed by atoms with Crippen molar-refractivity contribution in [3.63, 3.8) is 0 Å². The monoisotopic (exact) mass is 617 g/mol. The molecular formula is C37H39N5O4. The maximum Gasteiger partial charge on any atom is 0.334 e. The fourth-order valence-electron chi connectivity index (χ4n) is 6.50. The highest BCUT2D eigenvalue weighted by molar-refractivity contribution is 5.91. The molecule has 2 fully saturated rings. The van der Waals surface area contributed by atoms with Crippen LogP contribution >= 0.6 is 0 Å². The summed E-state index contributed by atoms with van der Waals surface area (Å²) in [7, 11) is 3.35. The van der Waals surface area contributed by atoms with Crippen LogP contribution in [-0.2, 0) is 22.6 Å². The van der Waals surface area contributed by atoms with Crippen molar-refractivity contribution in [3.8, 4) is 5.75 Å². The molecule has 236 valence electrons. The molecule has 0 aromatic heterocycles. The number of carbonyl (C=O) groups excluding carboxylic acids is 3. The van der Waals surface area contributed by atoms with Crippen molar-refractivity contribution in [2.24, 2.45) is 0 Å². The van der Waals surface area contributed by atoms with E-state index in [-0.39, 0.29) is 36.9 Å². The summed E-state index contributed by atoms with van der Waals surface area (Å²) < 4.78 is 5.26. The molecule has 0 unspecified atom stereocenters. The number of hydrogen-bond acceptors (Lipinski definition) is 5. The summed E-state index contributed by atoms with van der Waals surface area (Å²) in [6, 6.07) is 36.5. The predicted molar refractivity (Wildman–Crippen MR) is 176 cm³/mol. The van der Waals surface area contributed by atoms with Gasteiger partial charge in [-0.1, -0.05) is 103 Å². The van der Waals surface area contributed by atoms with Gasteiger partial charge < -0.3 is 19.9 Å². The molecule has 2 saturated heterocycles. The van der Waals surface area contributed by atoms with Gasteiger partial charge in [-0.25, -0.2) is 14.8 Å². The summed E-state index contributed by atoms with van der Waals surface area (Å²) in [5.41, 5.74) is 4.05. The number of methoxy groups -OCH3 is 1. The first-order chi connectivity index (χ1) is 22.4. The van der Waals surface area contributed by atoms with E-state index in [1.165, 1.54) is 0 Å². The van der Waals surface area contributed by atoms with Crippen LogP contribution in [0.5, 0.6) is 5.75 Å². The number of hydrogen-bond donors (Lipinski definition) is 1. The van der Waals surface area contributed by atoms with Crippen LogP contribution in [0, 0.1) is 0 Å². The Morgan fingerprint density at radius 3 is 2.00 bits per heavy atom. The number of nitrogens with zero attached hydrogens (tertiary/aromatic N) is 4. The van der Waals surface area contributed by atoms with Gasteiger partial charge >= 0.3 is 6.03 Å². The van der Waals surface area contributed by atoms with E-state index in [1.54, 1.807) is 29.1 Å². The minimum atomic E-state index is -0.758. The van der Waals surface area contributed by atoms with Crippen molar-refractivity contribution in [2.45, 2.75) is 31.1 Å². The van der Waals surface area contributed by atoms with Gasteiger partial charge in [0.05, 0.1) is 20.2 Å². The first kappa shape index (κ1) is 30.9. The number of fused-ring (bicyclic) bond motifs is 1. The lowest BCUT2D eigenvalue weighted by atomic mass is 9.89. The molecular weight excluding hydrogens is 578 g/mol. The number of urea groups is 1. The maximum absolute atomic E-state index is 14.4. The van der Waals surface area contributed by atoms with Crippen LogP contribution in [0.4, 0.5) is 4.79 Å². The zero-order valence-corrected chi connectivity index (χ0v) is 26.2. The number of carbonyl (C=O) groups is 3. The van der Waals surface area contributed by atoms with E-state index in [1.807, 2.05) is 95.9 Å². The van der Waals surface area contributed by atoms with Gasteiger partial charge in [0.2, 0.25) is 11.8 Å². The average molecular weight is 618 g/mol. The highest BCUT2D eigenvalue weighted by Crippen LogP contribution is 2.32. The Kier molecular flexibility index (Phi) is 9.30. The third kappa shape index (κ3) is 6.60.